The van der Waals surface area contributed by atoms with Gasteiger partial charge < -0.3 is 10.4 Å². The van der Waals surface area contributed by atoms with Gasteiger partial charge in [0.1, 0.15) is 10.7 Å². The summed E-state index contributed by atoms with van der Waals surface area (Å²) in [5, 5.41) is 11.7. The van der Waals surface area contributed by atoms with Crippen molar-refractivity contribution in [1.29, 1.82) is 0 Å². The van der Waals surface area contributed by atoms with Crippen molar-refractivity contribution in [2.75, 3.05) is 25.0 Å². The fourth-order valence-electron chi connectivity index (χ4n) is 3.38. The molecule has 0 radical (unpaired) electrons. The number of benzene rings is 2. The normalized spacial score (nSPS) is 15.9. The number of amides is 1. The molecule has 1 heterocycles. The van der Waals surface area contributed by atoms with E-state index in [1.165, 1.54) is 40.7 Å². The lowest BCUT2D eigenvalue weighted by Crippen LogP contribution is -2.38. The summed E-state index contributed by atoms with van der Waals surface area (Å²) in [5.74, 6) is -0.706. The Kier molecular flexibility index (Phi) is 7.52. The highest BCUT2D eigenvalue weighted by Crippen LogP contribution is 2.30. The molecular formula is C20H21BrClFN2O4S. The fraction of sp³-hybridized carbons (Fsp3) is 0.350. The predicted octanol–water partition coefficient (Wildman–Crippen LogP) is 4.28. The van der Waals surface area contributed by atoms with Crippen LogP contribution in [0.1, 0.15) is 29.6 Å². The second-order valence-electron chi connectivity index (χ2n) is 7.09. The molecule has 0 saturated carbocycles. The molecule has 0 atom stereocenters. The Morgan fingerprint density at radius 1 is 1.23 bits per heavy atom. The number of nitrogens with zero attached hydrogens (tertiary/aromatic N) is 1. The molecule has 2 aromatic carbocycles. The first-order valence-corrected chi connectivity index (χ1v) is 12.0. The number of anilines is 1. The largest absolute Gasteiger partial charge is 0.396 e. The highest BCUT2D eigenvalue weighted by atomic mass is 79.9. The van der Waals surface area contributed by atoms with Crippen LogP contribution in [0.3, 0.4) is 0 Å². The van der Waals surface area contributed by atoms with Crippen LogP contribution in [-0.2, 0) is 10.0 Å². The molecule has 3 rings (SSSR count). The van der Waals surface area contributed by atoms with Crippen molar-refractivity contribution in [3.05, 3.63) is 57.3 Å². The molecule has 0 bridgehead atoms. The molecular weight excluding hydrogens is 499 g/mol. The third-order valence-corrected chi connectivity index (χ3v) is 8.09. The zero-order valence-corrected chi connectivity index (χ0v) is 19.1. The molecule has 0 unspecified atom stereocenters. The minimum Gasteiger partial charge on any atom is -0.396 e. The third-order valence-electron chi connectivity index (χ3n) is 5.10. The predicted molar refractivity (Wildman–Crippen MR) is 117 cm³/mol. The van der Waals surface area contributed by atoms with Crippen LogP contribution in [0.5, 0.6) is 0 Å². The van der Waals surface area contributed by atoms with Crippen LogP contribution in [0, 0.1) is 11.7 Å². The Bertz CT molecular complexity index is 1040. The van der Waals surface area contributed by atoms with Gasteiger partial charge in [0.05, 0.1) is 9.50 Å². The Labute approximate surface area is 188 Å². The van der Waals surface area contributed by atoms with Gasteiger partial charge in [-0.15, -0.1) is 0 Å². The van der Waals surface area contributed by atoms with Crippen LogP contribution in [0.2, 0.25) is 5.02 Å². The molecule has 2 N–H and O–H groups in total. The van der Waals surface area contributed by atoms with Crippen molar-refractivity contribution in [1.82, 2.24) is 4.31 Å². The summed E-state index contributed by atoms with van der Waals surface area (Å²) in [4.78, 5) is 12.5. The van der Waals surface area contributed by atoms with Crippen molar-refractivity contribution in [2.45, 2.75) is 24.2 Å². The van der Waals surface area contributed by atoms with Gasteiger partial charge in [0.15, 0.2) is 0 Å². The fourth-order valence-corrected chi connectivity index (χ4v) is 5.73. The van der Waals surface area contributed by atoms with E-state index < -0.39 is 21.7 Å². The lowest BCUT2D eigenvalue weighted by Gasteiger charge is -2.31. The summed E-state index contributed by atoms with van der Waals surface area (Å²) < 4.78 is 41.1. The molecule has 1 aliphatic heterocycles. The summed E-state index contributed by atoms with van der Waals surface area (Å²) in [5.41, 5.74) is 0.479. The Hall–Kier alpha value is -1.52. The number of sulfonamides is 1. The van der Waals surface area contributed by atoms with Gasteiger partial charge in [-0.3, -0.25) is 4.79 Å². The zero-order chi connectivity index (χ0) is 21.9. The number of halogens is 3. The van der Waals surface area contributed by atoms with E-state index in [2.05, 4.69) is 21.2 Å². The minimum absolute atomic E-state index is 0.0357. The van der Waals surface area contributed by atoms with Crippen LogP contribution >= 0.6 is 27.5 Å². The molecule has 0 aliphatic carbocycles. The number of hydrogen-bond acceptors (Lipinski definition) is 4. The van der Waals surface area contributed by atoms with Crippen LogP contribution in [-0.4, -0.2) is 43.4 Å². The SMILES string of the molecule is O=C(Nc1ccc(F)c(Br)c1)c1ccc(Cl)c(S(=O)(=O)N2CCC(CCO)CC2)c1. The number of aliphatic hydroxyl groups excluding tert-OH is 1. The number of aliphatic hydroxyl groups is 1. The summed E-state index contributed by atoms with van der Waals surface area (Å²) >= 11 is 9.22. The average Bonchev–Trinajstić information content (AvgIpc) is 2.71. The van der Waals surface area contributed by atoms with E-state index in [9.17, 15) is 17.6 Å². The van der Waals surface area contributed by atoms with Crippen molar-refractivity contribution in [3.8, 4) is 0 Å². The molecule has 1 fully saturated rings. The van der Waals surface area contributed by atoms with Crippen molar-refractivity contribution in [2.24, 2.45) is 5.92 Å². The van der Waals surface area contributed by atoms with Gasteiger partial charge in [-0.2, -0.15) is 4.31 Å². The van der Waals surface area contributed by atoms with Gasteiger partial charge >= 0.3 is 0 Å². The van der Waals surface area contributed by atoms with Gasteiger partial charge in [0, 0.05) is 30.9 Å². The maximum atomic E-state index is 13.4. The highest BCUT2D eigenvalue weighted by Gasteiger charge is 2.31. The second kappa shape index (κ2) is 9.74. The van der Waals surface area contributed by atoms with E-state index in [-0.39, 0.29) is 26.6 Å². The maximum absolute atomic E-state index is 13.4. The van der Waals surface area contributed by atoms with E-state index in [4.69, 9.17) is 16.7 Å². The summed E-state index contributed by atoms with van der Waals surface area (Å²) in [6.07, 6.45) is 1.98. The first-order valence-electron chi connectivity index (χ1n) is 9.39. The monoisotopic (exact) mass is 518 g/mol. The highest BCUT2D eigenvalue weighted by molar-refractivity contribution is 9.10. The molecule has 1 aliphatic rings. The zero-order valence-electron chi connectivity index (χ0n) is 15.9. The lowest BCUT2D eigenvalue weighted by atomic mass is 9.95. The molecule has 162 valence electrons. The molecule has 1 amide bonds. The lowest BCUT2D eigenvalue weighted by molar-refractivity contribution is 0.102. The van der Waals surface area contributed by atoms with Crippen molar-refractivity contribution in [3.63, 3.8) is 0 Å². The third kappa shape index (κ3) is 5.20. The topological polar surface area (TPSA) is 86.7 Å². The minimum atomic E-state index is -3.87. The molecule has 10 heteroatoms. The first-order chi connectivity index (χ1) is 14.2. The number of hydrogen-bond donors (Lipinski definition) is 2. The van der Waals surface area contributed by atoms with E-state index in [1.54, 1.807) is 0 Å². The van der Waals surface area contributed by atoms with Gasteiger partial charge in [0.25, 0.3) is 5.91 Å². The molecule has 6 nitrogen and oxygen atoms in total. The standard InChI is InChI=1S/C20H21BrClFN2O4S/c21-16-12-15(2-4-18(16)23)24-20(27)14-1-3-17(22)19(11-14)30(28,29)25-8-5-13(6-9-25)7-10-26/h1-4,11-13,26H,5-10H2,(H,24,27). The number of rotatable bonds is 6. The maximum Gasteiger partial charge on any atom is 0.255 e. The van der Waals surface area contributed by atoms with E-state index in [0.29, 0.717) is 44.0 Å². The second-order valence-corrected chi connectivity index (χ2v) is 10.3. The number of piperidine rings is 1. The quantitative estimate of drug-likeness (QED) is 0.597. The van der Waals surface area contributed by atoms with Crippen LogP contribution in [0.4, 0.5) is 10.1 Å². The van der Waals surface area contributed by atoms with E-state index >= 15 is 0 Å². The van der Waals surface area contributed by atoms with E-state index in [1.807, 2.05) is 0 Å². The van der Waals surface area contributed by atoms with Crippen LogP contribution in [0.15, 0.2) is 45.8 Å². The van der Waals surface area contributed by atoms with E-state index in [0.717, 1.165) is 0 Å². The Morgan fingerprint density at radius 2 is 1.93 bits per heavy atom. The Morgan fingerprint density at radius 3 is 2.57 bits per heavy atom. The van der Waals surface area contributed by atoms with Gasteiger partial charge in [-0.05, 0) is 77.5 Å². The summed E-state index contributed by atoms with van der Waals surface area (Å²) in [6.45, 7) is 0.762. The van der Waals surface area contributed by atoms with Gasteiger partial charge in [-0.1, -0.05) is 11.6 Å². The number of carbonyl (C=O) groups excluding carboxylic acids is 1. The van der Waals surface area contributed by atoms with Crippen LogP contribution < -0.4 is 5.32 Å². The smallest absolute Gasteiger partial charge is 0.255 e. The number of nitrogens with one attached hydrogen (secondary N) is 1. The molecule has 0 spiro atoms. The summed E-state index contributed by atoms with van der Waals surface area (Å²) in [6, 6.07) is 8.09. The van der Waals surface area contributed by atoms with Crippen molar-refractivity contribution >= 4 is 49.1 Å². The molecule has 30 heavy (non-hydrogen) atoms. The van der Waals surface area contributed by atoms with Gasteiger partial charge in [0.2, 0.25) is 10.0 Å². The Balaban J connectivity index is 1.80. The summed E-state index contributed by atoms with van der Waals surface area (Å²) in [7, 11) is -3.87. The average molecular weight is 520 g/mol. The first kappa shape index (κ1) is 23.1. The molecule has 0 aromatic heterocycles. The van der Waals surface area contributed by atoms with Gasteiger partial charge in [-0.25, -0.2) is 12.8 Å². The van der Waals surface area contributed by atoms with Crippen molar-refractivity contribution < 1.29 is 22.7 Å². The molecule has 2 aromatic rings. The van der Waals surface area contributed by atoms with Crippen LogP contribution in [0.25, 0.3) is 0 Å². The number of carbonyl (C=O) groups is 1. The molecule has 1 saturated heterocycles.